The minimum Gasteiger partial charge on any atom is -0.375 e. The van der Waals surface area contributed by atoms with Gasteiger partial charge in [-0.1, -0.05) is 12.2 Å². The number of rotatable bonds is 3. The van der Waals surface area contributed by atoms with Gasteiger partial charge in [-0.3, -0.25) is 0 Å². The van der Waals surface area contributed by atoms with Crippen molar-refractivity contribution in [2.75, 3.05) is 14.1 Å². The number of allylic oxidation sites excluding steroid dienone is 3. The molecule has 0 radical (unpaired) electrons. The van der Waals surface area contributed by atoms with Crippen LogP contribution >= 0.6 is 0 Å². The molecule has 0 aliphatic rings. The van der Waals surface area contributed by atoms with Crippen LogP contribution in [0.1, 0.15) is 6.92 Å². The molecule has 9 heavy (non-hydrogen) atoms. The highest BCUT2D eigenvalue weighted by atomic mass is 15.0. The Morgan fingerprint density at radius 1 is 1.22 bits per heavy atom. The molecule has 0 aliphatic carbocycles. The Morgan fingerprint density at radius 3 is 2.11 bits per heavy atom. The number of hydrogen-bond donors (Lipinski definition) is 2. The van der Waals surface area contributed by atoms with Crippen molar-refractivity contribution >= 4 is 0 Å². The van der Waals surface area contributed by atoms with Crippen molar-refractivity contribution in [1.29, 1.82) is 0 Å². The Balaban J connectivity index is 3.75. The van der Waals surface area contributed by atoms with Gasteiger partial charge in [0.1, 0.15) is 0 Å². The molecule has 0 saturated heterocycles. The topological polar surface area (TPSA) is 24.1 Å². The second-order valence-corrected chi connectivity index (χ2v) is 1.61. The van der Waals surface area contributed by atoms with Crippen molar-refractivity contribution in [1.82, 2.24) is 10.6 Å². The Bertz CT molecular complexity index is 108. The molecule has 2 heteroatoms. The highest BCUT2D eigenvalue weighted by Crippen LogP contribution is 1.80. The molecule has 0 heterocycles. The second-order valence-electron chi connectivity index (χ2n) is 1.61. The molecule has 0 bridgehead atoms. The fourth-order valence-corrected chi connectivity index (χ4v) is 0.484. The third-order valence-electron chi connectivity index (χ3n) is 0.994. The maximum atomic E-state index is 2.99. The van der Waals surface area contributed by atoms with Gasteiger partial charge < -0.3 is 10.6 Å². The van der Waals surface area contributed by atoms with Gasteiger partial charge >= 0.3 is 0 Å². The molecule has 52 valence electrons. The maximum Gasteiger partial charge on any atom is 0.0981 e. The predicted molar refractivity (Wildman–Crippen MR) is 41.0 cm³/mol. The van der Waals surface area contributed by atoms with Gasteiger partial charge in [-0.05, 0) is 13.0 Å². The van der Waals surface area contributed by atoms with Gasteiger partial charge in [0.2, 0.25) is 0 Å². The minimum absolute atomic E-state index is 1.02. The summed E-state index contributed by atoms with van der Waals surface area (Å²) in [6.45, 7) is 1.99. The molecule has 0 fully saturated rings. The molecule has 2 nitrogen and oxygen atoms in total. The standard InChI is InChI=1S/C7H14N2/c1-4-5-6-7(8-2)9-3/h4-6,8-9H,1-3H3/b5-4-. The van der Waals surface area contributed by atoms with Gasteiger partial charge in [0.05, 0.1) is 5.82 Å². The molecule has 0 aromatic heterocycles. The monoisotopic (exact) mass is 126 g/mol. The van der Waals surface area contributed by atoms with E-state index >= 15 is 0 Å². The first-order valence-electron chi connectivity index (χ1n) is 3.03. The van der Waals surface area contributed by atoms with E-state index in [0.29, 0.717) is 0 Å². The Morgan fingerprint density at radius 2 is 1.78 bits per heavy atom. The highest BCUT2D eigenvalue weighted by Gasteiger charge is 1.79. The zero-order chi connectivity index (χ0) is 7.11. The lowest BCUT2D eigenvalue weighted by atomic mass is 10.5. The molecular formula is C7H14N2. The zero-order valence-corrected chi connectivity index (χ0v) is 6.23. The van der Waals surface area contributed by atoms with Gasteiger partial charge in [-0.2, -0.15) is 0 Å². The molecule has 0 aromatic carbocycles. The van der Waals surface area contributed by atoms with Crippen molar-refractivity contribution < 1.29 is 0 Å². The van der Waals surface area contributed by atoms with E-state index in [1.807, 2.05) is 39.2 Å². The third kappa shape index (κ3) is 3.64. The molecule has 0 atom stereocenters. The summed E-state index contributed by atoms with van der Waals surface area (Å²) in [6, 6.07) is 0. The van der Waals surface area contributed by atoms with Gasteiger partial charge in [-0.15, -0.1) is 0 Å². The van der Waals surface area contributed by atoms with Crippen LogP contribution in [-0.2, 0) is 0 Å². The van der Waals surface area contributed by atoms with Crippen LogP contribution < -0.4 is 10.6 Å². The molecule has 0 spiro atoms. The molecule has 0 aliphatic heterocycles. The number of hydrogen-bond acceptors (Lipinski definition) is 2. The lowest BCUT2D eigenvalue weighted by Crippen LogP contribution is -2.18. The van der Waals surface area contributed by atoms with E-state index in [2.05, 4.69) is 10.6 Å². The quantitative estimate of drug-likeness (QED) is 0.548. The number of nitrogens with one attached hydrogen (secondary N) is 2. The summed E-state index contributed by atoms with van der Waals surface area (Å²) < 4.78 is 0. The first-order chi connectivity index (χ1) is 4.35. The lowest BCUT2D eigenvalue weighted by molar-refractivity contribution is 0.838. The molecule has 0 aromatic rings. The van der Waals surface area contributed by atoms with Crippen LogP contribution in [0.3, 0.4) is 0 Å². The first-order valence-corrected chi connectivity index (χ1v) is 3.03. The fraction of sp³-hybridized carbons (Fsp3) is 0.429. The van der Waals surface area contributed by atoms with E-state index < -0.39 is 0 Å². The largest absolute Gasteiger partial charge is 0.375 e. The van der Waals surface area contributed by atoms with Gasteiger partial charge in [-0.25, -0.2) is 0 Å². The van der Waals surface area contributed by atoms with Crippen LogP contribution in [0.15, 0.2) is 24.0 Å². The summed E-state index contributed by atoms with van der Waals surface area (Å²) in [6.07, 6.45) is 5.93. The fourth-order valence-electron chi connectivity index (χ4n) is 0.484. The van der Waals surface area contributed by atoms with Crippen molar-refractivity contribution in [2.45, 2.75) is 6.92 Å². The van der Waals surface area contributed by atoms with Crippen molar-refractivity contribution in [3.8, 4) is 0 Å². The second kappa shape index (κ2) is 5.22. The van der Waals surface area contributed by atoms with Crippen LogP contribution in [0.25, 0.3) is 0 Å². The van der Waals surface area contributed by atoms with E-state index in [-0.39, 0.29) is 0 Å². The van der Waals surface area contributed by atoms with Crippen LogP contribution in [0.5, 0.6) is 0 Å². The van der Waals surface area contributed by atoms with Crippen LogP contribution in [0.2, 0.25) is 0 Å². The zero-order valence-electron chi connectivity index (χ0n) is 6.23. The average Bonchev–Trinajstić information content (AvgIpc) is 1.91. The van der Waals surface area contributed by atoms with Crippen LogP contribution in [-0.4, -0.2) is 14.1 Å². The van der Waals surface area contributed by atoms with Gasteiger partial charge in [0, 0.05) is 14.1 Å². The Kier molecular flexibility index (Phi) is 4.69. The van der Waals surface area contributed by atoms with E-state index in [4.69, 9.17) is 0 Å². The van der Waals surface area contributed by atoms with Crippen molar-refractivity contribution in [3.05, 3.63) is 24.0 Å². The normalized spacial score (nSPS) is 9.22. The minimum atomic E-state index is 1.02. The maximum absolute atomic E-state index is 2.99. The summed E-state index contributed by atoms with van der Waals surface area (Å²) in [5, 5.41) is 5.97. The van der Waals surface area contributed by atoms with Gasteiger partial charge in [0.15, 0.2) is 0 Å². The molecule has 0 rings (SSSR count). The molecular weight excluding hydrogens is 112 g/mol. The molecule has 0 saturated carbocycles. The first kappa shape index (κ1) is 8.08. The summed E-state index contributed by atoms with van der Waals surface area (Å²) in [5.74, 6) is 1.02. The summed E-state index contributed by atoms with van der Waals surface area (Å²) in [4.78, 5) is 0. The summed E-state index contributed by atoms with van der Waals surface area (Å²) in [7, 11) is 3.76. The summed E-state index contributed by atoms with van der Waals surface area (Å²) >= 11 is 0. The van der Waals surface area contributed by atoms with E-state index in [1.54, 1.807) is 0 Å². The summed E-state index contributed by atoms with van der Waals surface area (Å²) in [5.41, 5.74) is 0. The highest BCUT2D eigenvalue weighted by molar-refractivity contribution is 5.07. The Hall–Kier alpha value is -0.920. The smallest absolute Gasteiger partial charge is 0.0981 e. The van der Waals surface area contributed by atoms with E-state index in [1.165, 1.54) is 0 Å². The van der Waals surface area contributed by atoms with Crippen LogP contribution in [0, 0.1) is 0 Å². The SMILES string of the molecule is C/C=C\C=C(NC)NC. The van der Waals surface area contributed by atoms with E-state index in [0.717, 1.165) is 5.82 Å². The molecule has 2 N–H and O–H groups in total. The van der Waals surface area contributed by atoms with Crippen molar-refractivity contribution in [3.63, 3.8) is 0 Å². The third-order valence-corrected chi connectivity index (χ3v) is 0.994. The Labute approximate surface area is 56.6 Å². The van der Waals surface area contributed by atoms with E-state index in [9.17, 15) is 0 Å². The molecule has 0 unspecified atom stereocenters. The van der Waals surface area contributed by atoms with Crippen molar-refractivity contribution in [2.24, 2.45) is 0 Å². The van der Waals surface area contributed by atoms with Gasteiger partial charge in [0.25, 0.3) is 0 Å². The molecule has 0 amide bonds. The van der Waals surface area contributed by atoms with Crippen LogP contribution in [0.4, 0.5) is 0 Å². The average molecular weight is 126 g/mol. The predicted octanol–water partition coefficient (Wildman–Crippen LogP) is 0.843. The lowest BCUT2D eigenvalue weighted by Gasteiger charge is -2.01.